The van der Waals surface area contributed by atoms with Crippen molar-refractivity contribution in [3.8, 4) is 0 Å². The van der Waals surface area contributed by atoms with Crippen LogP contribution in [0.25, 0.3) is 0 Å². The van der Waals surface area contributed by atoms with Crippen molar-refractivity contribution in [2.75, 3.05) is 18.0 Å². The Balaban J connectivity index is 2.63. The zero-order valence-corrected chi connectivity index (χ0v) is 9.51. The molecule has 14 heavy (non-hydrogen) atoms. The summed E-state index contributed by atoms with van der Waals surface area (Å²) in [6, 6.07) is 0. The standard InChI is InChI=1S/C10H16N2OS/c1-3-5-6-12(4-2)10-11-7-9(8-13)14-10/h7-8H,3-6H2,1-2H3. The van der Waals surface area contributed by atoms with Crippen molar-refractivity contribution in [1.82, 2.24) is 4.98 Å². The molecule has 0 aliphatic rings. The van der Waals surface area contributed by atoms with Crippen molar-refractivity contribution in [1.29, 1.82) is 0 Å². The third-order valence-electron chi connectivity index (χ3n) is 2.06. The molecule has 0 aliphatic heterocycles. The number of carbonyl (C=O) groups is 1. The summed E-state index contributed by atoms with van der Waals surface area (Å²) >= 11 is 1.46. The Morgan fingerprint density at radius 3 is 2.86 bits per heavy atom. The lowest BCUT2D eigenvalue weighted by Crippen LogP contribution is -2.23. The second-order valence-electron chi connectivity index (χ2n) is 3.10. The van der Waals surface area contributed by atoms with Crippen molar-refractivity contribution in [3.63, 3.8) is 0 Å². The van der Waals surface area contributed by atoms with Crippen LogP contribution in [-0.2, 0) is 0 Å². The number of anilines is 1. The molecule has 0 fully saturated rings. The number of carbonyl (C=O) groups excluding carboxylic acids is 1. The molecule has 0 atom stereocenters. The average molecular weight is 212 g/mol. The van der Waals surface area contributed by atoms with Gasteiger partial charge in [-0.3, -0.25) is 4.79 Å². The van der Waals surface area contributed by atoms with Gasteiger partial charge in [-0.1, -0.05) is 24.7 Å². The summed E-state index contributed by atoms with van der Waals surface area (Å²) in [6.07, 6.45) is 4.85. The summed E-state index contributed by atoms with van der Waals surface area (Å²) in [4.78, 5) is 17.6. The Labute approximate surface area is 88.8 Å². The normalized spacial score (nSPS) is 10.1. The van der Waals surface area contributed by atoms with Gasteiger partial charge in [0.15, 0.2) is 11.4 Å². The molecule has 0 N–H and O–H groups in total. The first-order valence-corrected chi connectivity index (χ1v) is 5.79. The highest BCUT2D eigenvalue weighted by molar-refractivity contribution is 7.17. The second-order valence-corrected chi connectivity index (χ2v) is 4.14. The van der Waals surface area contributed by atoms with Crippen LogP contribution in [0.2, 0.25) is 0 Å². The van der Waals surface area contributed by atoms with Crippen LogP contribution in [-0.4, -0.2) is 24.4 Å². The summed E-state index contributed by atoms with van der Waals surface area (Å²) in [5.41, 5.74) is 0. The predicted molar refractivity (Wildman–Crippen MR) is 60.3 cm³/mol. The number of nitrogens with zero attached hydrogens (tertiary/aromatic N) is 2. The van der Waals surface area contributed by atoms with Crippen LogP contribution in [0.1, 0.15) is 36.4 Å². The van der Waals surface area contributed by atoms with E-state index in [0.29, 0.717) is 4.88 Å². The maximum Gasteiger partial charge on any atom is 0.185 e. The smallest absolute Gasteiger partial charge is 0.185 e. The van der Waals surface area contributed by atoms with E-state index in [2.05, 4.69) is 23.7 Å². The number of aromatic nitrogens is 1. The molecule has 1 heterocycles. The summed E-state index contributed by atoms with van der Waals surface area (Å²) in [5, 5.41) is 0.961. The highest BCUT2D eigenvalue weighted by Gasteiger charge is 2.07. The molecule has 1 rings (SSSR count). The predicted octanol–water partition coefficient (Wildman–Crippen LogP) is 2.58. The highest BCUT2D eigenvalue weighted by Crippen LogP contribution is 2.21. The Kier molecular flexibility index (Phi) is 4.59. The number of aldehydes is 1. The van der Waals surface area contributed by atoms with Gasteiger partial charge in [-0.2, -0.15) is 0 Å². The lowest BCUT2D eigenvalue weighted by Gasteiger charge is -2.18. The van der Waals surface area contributed by atoms with Crippen LogP contribution in [0, 0.1) is 0 Å². The molecule has 0 aromatic carbocycles. The fraction of sp³-hybridized carbons (Fsp3) is 0.600. The molecule has 0 bridgehead atoms. The summed E-state index contributed by atoms with van der Waals surface area (Å²) in [6.45, 7) is 6.26. The average Bonchev–Trinajstić information content (AvgIpc) is 2.68. The number of thiazole rings is 1. The van der Waals surface area contributed by atoms with E-state index in [1.165, 1.54) is 24.2 Å². The van der Waals surface area contributed by atoms with Crippen molar-refractivity contribution >= 4 is 22.8 Å². The van der Waals surface area contributed by atoms with Crippen LogP contribution in [0.15, 0.2) is 6.20 Å². The van der Waals surface area contributed by atoms with E-state index < -0.39 is 0 Å². The minimum absolute atomic E-state index is 0.704. The van der Waals surface area contributed by atoms with Crippen LogP contribution < -0.4 is 4.90 Å². The van der Waals surface area contributed by atoms with Crippen LogP contribution in [0.3, 0.4) is 0 Å². The van der Waals surface area contributed by atoms with Gasteiger partial charge in [0.2, 0.25) is 0 Å². The molecule has 1 aromatic rings. The Bertz CT molecular complexity index is 285. The number of unbranched alkanes of at least 4 members (excludes halogenated alkanes) is 1. The molecule has 0 spiro atoms. The molecule has 1 aromatic heterocycles. The topological polar surface area (TPSA) is 33.2 Å². The van der Waals surface area contributed by atoms with Gasteiger partial charge in [-0.25, -0.2) is 4.98 Å². The summed E-state index contributed by atoms with van der Waals surface area (Å²) in [7, 11) is 0. The molecule has 4 heteroatoms. The molecular weight excluding hydrogens is 196 g/mol. The quantitative estimate of drug-likeness (QED) is 0.679. The van der Waals surface area contributed by atoms with E-state index in [4.69, 9.17) is 0 Å². The van der Waals surface area contributed by atoms with E-state index >= 15 is 0 Å². The number of rotatable bonds is 6. The first-order valence-electron chi connectivity index (χ1n) is 4.97. The van der Waals surface area contributed by atoms with Crippen molar-refractivity contribution < 1.29 is 4.79 Å². The first kappa shape index (κ1) is 11.2. The van der Waals surface area contributed by atoms with Crippen LogP contribution in [0.4, 0.5) is 5.13 Å². The Morgan fingerprint density at radius 1 is 1.57 bits per heavy atom. The molecule has 0 unspecified atom stereocenters. The first-order chi connectivity index (χ1) is 6.81. The maximum absolute atomic E-state index is 10.5. The van der Waals surface area contributed by atoms with Gasteiger partial charge in [0.05, 0.1) is 11.1 Å². The Morgan fingerprint density at radius 2 is 2.36 bits per heavy atom. The Hall–Kier alpha value is -0.900. The summed E-state index contributed by atoms with van der Waals surface area (Å²) < 4.78 is 0. The van der Waals surface area contributed by atoms with Crippen molar-refractivity contribution in [3.05, 3.63) is 11.1 Å². The maximum atomic E-state index is 10.5. The van der Waals surface area contributed by atoms with Gasteiger partial charge in [0.25, 0.3) is 0 Å². The molecular formula is C10H16N2OS. The van der Waals surface area contributed by atoms with E-state index in [1.54, 1.807) is 6.20 Å². The fourth-order valence-corrected chi connectivity index (χ4v) is 2.03. The highest BCUT2D eigenvalue weighted by atomic mass is 32.1. The van der Waals surface area contributed by atoms with Crippen molar-refractivity contribution in [2.45, 2.75) is 26.7 Å². The van der Waals surface area contributed by atoms with Gasteiger partial charge >= 0.3 is 0 Å². The lowest BCUT2D eigenvalue weighted by atomic mass is 10.3. The number of hydrogen-bond acceptors (Lipinski definition) is 4. The largest absolute Gasteiger partial charge is 0.348 e. The zero-order chi connectivity index (χ0) is 10.4. The van der Waals surface area contributed by atoms with E-state index in [9.17, 15) is 4.79 Å². The molecule has 78 valence electrons. The molecule has 0 radical (unpaired) electrons. The van der Waals surface area contributed by atoms with Crippen LogP contribution in [0.5, 0.6) is 0 Å². The zero-order valence-electron chi connectivity index (χ0n) is 8.69. The van der Waals surface area contributed by atoms with Crippen LogP contribution >= 0.6 is 11.3 Å². The lowest BCUT2D eigenvalue weighted by molar-refractivity contribution is 0.112. The van der Waals surface area contributed by atoms with Gasteiger partial charge in [0, 0.05) is 13.1 Å². The SMILES string of the molecule is CCCCN(CC)c1ncc(C=O)s1. The van der Waals surface area contributed by atoms with Crippen molar-refractivity contribution in [2.24, 2.45) is 0 Å². The van der Waals surface area contributed by atoms with E-state index in [0.717, 1.165) is 24.5 Å². The molecule has 3 nitrogen and oxygen atoms in total. The monoisotopic (exact) mass is 212 g/mol. The molecule has 0 saturated carbocycles. The third-order valence-corrected chi connectivity index (χ3v) is 3.04. The van der Waals surface area contributed by atoms with Gasteiger partial charge in [-0.15, -0.1) is 0 Å². The third kappa shape index (κ3) is 2.80. The molecule has 0 aliphatic carbocycles. The minimum Gasteiger partial charge on any atom is -0.348 e. The fourth-order valence-electron chi connectivity index (χ4n) is 1.22. The molecule has 0 saturated heterocycles. The van der Waals surface area contributed by atoms with Gasteiger partial charge < -0.3 is 4.90 Å². The van der Waals surface area contributed by atoms with Gasteiger partial charge in [-0.05, 0) is 13.3 Å². The minimum atomic E-state index is 0.704. The van der Waals surface area contributed by atoms with Gasteiger partial charge in [0.1, 0.15) is 0 Å². The number of hydrogen-bond donors (Lipinski definition) is 0. The summed E-state index contributed by atoms with van der Waals surface area (Å²) in [5.74, 6) is 0. The van der Waals surface area contributed by atoms with E-state index in [-0.39, 0.29) is 0 Å². The second kappa shape index (κ2) is 5.75. The molecule has 0 amide bonds. The van der Waals surface area contributed by atoms with E-state index in [1.807, 2.05) is 0 Å².